The van der Waals surface area contributed by atoms with E-state index in [1.165, 1.54) is 12.8 Å². The van der Waals surface area contributed by atoms with Crippen molar-refractivity contribution < 1.29 is 8.49 Å². The van der Waals surface area contributed by atoms with E-state index in [4.69, 9.17) is 0 Å². The molecule has 4 heteroatoms. The molecule has 1 atom stereocenters. The highest BCUT2D eigenvalue weighted by Gasteiger charge is 2.23. The Morgan fingerprint density at radius 2 is 2.38 bits per heavy atom. The maximum atomic E-state index is 10.4. The van der Waals surface area contributed by atoms with Gasteiger partial charge in [-0.1, -0.05) is 0 Å². The minimum Gasteiger partial charge on any atom is -0.228 e. The Morgan fingerprint density at radius 3 is 2.75 bits per heavy atom. The molecule has 0 aromatic heterocycles. The van der Waals surface area contributed by atoms with Gasteiger partial charge in [-0.2, -0.15) is 5.90 Å². The van der Waals surface area contributed by atoms with Crippen LogP contribution in [0.2, 0.25) is 0 Å². The molecule has 0 spiro atoms. The molecule has 48 valence electrons. The summed E-state index contributed by atoms with van der Waals surface area (Å²) in [6, 6.07) is 0. The molecule has 1 aliphatic rings. The Bertz CT molecular complexity index is 102. The summed E-state index contributed by atoms with van der Waals surface area (Å²) in [6.45, 7) is 0. The molecule has 0 aromatic carbocycles. The fourth-order valence-corrected chi connectivity index (χ4v) is 1.31. The van der Waals surface area contributed by atoms with Gasteiger partial charge in [0.25, 0.3) is 0 Å². The molecule has 1 fully saturated rings. The predicted octanol–water partition coefficient (Wildman–Crippen LogP) is -0.0496. The van der Waals surface area contributed by atoms with Gasteiger partial charge < -0.3 is 0 Å². The summed E-state index contributed by atoms with van der Waals surface area (Å²) in [4.78, 5) is 0. The average molecular weight is 135 g/mol. The fourth-order valence-electron chi connectivity index (χ4n) is 0.516. The first-order valence-electron chi connectivity index (χ1n) is 2.58. The summed E-state index contributed by atoms with van der Waals surface area (Å²) in [5, 5.41) is 0. The van der Waals surface area contributed by atoms with Crippen LogP contribution in [0.3, 0.4) is 0 Å². The van der Waals surface area contributed by atoms with Gasteiger partial charge in [-0.15, -0.1) is 0 Å². The lowest BCUT2D eigenvalue weighted by Gasteiger charge is -1.91. The molecule has 1 saturated carbocycles. The Kier molecular flexibility index (Phi) is 1.99. The average Bonchev–Trinajstić information content (AvgIpc) is 2.50. The molecule has 0 bridgehead atoms. The lowest BCUT2D eigenvalue weighted by molar-refractivity contribution is 0.366. The van der Waals surface area contributed by atoms with Crippen molar-refractivity contribution in [2.24, 2.45) is 11.8 Å². The van der Waals surface area contributed by atoms with Crippen LogP contribution in [-0.2, 0) is 15.4 Å². The molecule has 1 rings (SSSR count). The van der Waals surface area contributed by atoms with Crippen LogP contribution in [0.15, 0.2) is 0 Å². The molecule has 0 radical (unpaired) electrons. The first kappa shape index (κ1) is 6.19. The molecule has 3 nitrogen and oxygen atoms in total. The molecule has 0 aromatic rings. The third-order valence-corrected chi connectivity index (χ3v) is 2.13. The van der Waals surface area contributed by atoms with Crippen molar-refractivity contribution in [1.29, 1.82) is 0 Å². The zero-order chi connectivity index (χ0) is 5.98. The van der Waals surface area contributed by atoms with Crippen molar-refractivity contribution in [3.05, 3.63) is 0 Å². The van der Waals surface area contributed by atoms with E-state index >= 15 is 0 Å². The standard InChI is InChI=1S/C4H9NO2S/c5-7-8(6)3-4-1-2-4/h4H,1-3,5H2. The van der Waals surface area contributed by atoms with Crippen LogP contribution in [0.25, 0.3) is 0 Å². The van der Waals surface area contributed by atoms with Gasteiger partial charge in [0, 0.05) is 0 Å². The molecule has 0 aliphatic heterocycles. The van der Waals surface area contributed by atoms with Gasteiger partial charge in [-0.05, 0) is 18.8 Å². The number of hydrogen-bond acceptors (Lipinski definition) is 3. The second-order valence-corrected chi connectivity index (χ2v) is 3.14. The molecule has 1 aliphatic carbocycles. The number of hydrogen-bond donors (Lipinski definition) is 1. The Labute approximate surface area is 50.8 Å². The molecular weight excluding hydrogens is 126 g/mol. The third-order valence-electron chi connectivity index (χ3n) is 1.18. The highest BCUT2D eigenvalue weighted by molar-refractivity contribution is 7.80. The van der Waals surface area contributed by atoms with E-state index in [0.29, 0.717) is 11.7 Å². The summed E-state index contributed by atoms with van der Waals surface area (Å²) < 4.78 is 14.5. The maximum Gasteiger partial charge on any atom is 0.173 e. The van der Waals surface area contributed by atoms with Crippen molar-refractivity contribution in [2.45, 2.75) is 12.8 Å². The predicted molar refractivity (Wildman–Crippen MR) is 31.0 cm³/mol. The van der Waals surface area contributed by atoms with Crippen LogP contribution in [0.5, 0.6) is 0 Å². The molecule has 0 saturated heterocycles. The summed E-state index contributed by atoms with van der Waals surface area (Å²) >= 11 is -1.22. The van der Waals surface area contributed by atoms with Crippen molar-refractivity contribution in [2.75, 3.05) is 5.75 Å². The molecule has 8 heavy (non-hydrogen) atoms. The number of nitrogens with two attached hydrogens (primary N) is 1. The van der Waals surface area contributed by atoms with E-state index in [2.05, 4.69) is 10.2 Å². The van der Waals surface area contributed by atoms with E-state index < -0.39 is 11.1 Å². The van der Waals surface area contributed by atoms with Crippen LogP contribution in [0.1, 0.15) is 12.8 Å². The zero-order valence-electron chi connectivity index (χ0n) is 4.50. The molecule has 0 amide bonds. The fraction of sp³-hybridized carbons (Fsp3) is 1.00. The van der Waals surface area contributed by atoms with Gasteiger partial charge in [-0.25, -0.2) is 8.49 Å². The SMILES string of the molecule is NOS(=O)CC1CC1. The van der Waals surface area contributed by atoms with Crippen LogP contribution < -0.4 is 5.90 Å². The second-order valence-electron chi connectivity index (χ2n) is 2.01. The minimum absolute atomic E-state index is 0.622. The quantitative estimate of drug-likeness (QED) is 0.552. The van der Waals surface area contributed by atoms with Crippen molar-refractivity contribution in [3.8, 4) is 0 Å². The summed E-state index contributed by atoms with van der Waals surface area (Å²) in [6.07, 6.45) is 2.38. The Balaban J connectivity index is 2.07. The summed E-state index contributed by atoms with van der Waals surface area (Å²) in [5.41, 5.74) is 0. The zero-order valence-corrected chi connectivity index (χ0v) is 5.32. The minimum atomic E-state index is -1.22. The molecule has 0 heterocycles. The topological polar surface area (TPSA) is 52.3 Å². The van der Waals surface area contributed by atoms with E-state index in [9.17, 15) is 4.21 Å². The van der Waals surface area contributed by atoms with Crippen LogP contribution in [0, 0.1) is 5.92 Å². The first-order chi connectivity index (χ1) is 3.83. The van der Waals surface area contributed by atoms with Crippen molar-refractivity contribution in [1.82, 2.24) is 0 Å². The van der Waals surface area contributed by atoms with E-state index in [1.807, 2.05) is 0 Å². The normalized spacial score (nSPS) is 23.1. The van der Waals surface area contributed by atoms with Gasteiger partial charge in [0.15, 0.2) is 11.1 Å². The lowest BCUT2D eigenvalue weighted by Crippen LogP contribution is -2.07. The monoisotopic (exact) mass is 135 g/mol. The molecule has 1 unspecified atom stereocenters. The molecule has 2 N–H and O–H groups in total. The van der Waals surface area contributed by atoms with Crippen molar-refractivity contribution in [3.63, 3.8) is 0 Å². The first-order valence-corrected chi connectivity index (χ1v) is 3.83. The van der Waals surface area contributed by atoms with E-state index in [1.54, 1.807) is 0 Å². The maximum absolute atomic E-state index is 10.4. The third kappa shape index (κ3) is 1.90. The Morgan fingerprint density at radius 1 is 1.75 bits per heavy atom. The van der Waals surface area contributed by atoms with Gasteiger partial charge in [0.2, 0.25) is 0 Å². The van der Waals surface area contributed by atoms with E-state index in [-0.39, 0.29) is 0 Å². The van der Waals surface area contributed by atoms with Gasteiger partial charge >= 0.3 is 0 Å². The highest BCUT2D eigenvalue weighted by atomic mass is 32.2. The molecular formula is C4H9NO2S. The number of rotatable bonds is 3. The highest BCUT2D eigenvalue weighted by Crippen LogP contribution is 2.29. The van der Waals surface area contributed by atoms with E-state index in [0.717, 1.165) is 0 Å². The Hall–Kier alpha value is 0.0700. The second kappa shape index (κ2) is 2.57. The van der Waals surface area contributed by atoms with Gasteiger partial charge in [0.05, 0.1) is 5.75 Å². The van der Waals surface area contributed by atoms with Crippen LogP contribution in [-0.4, -0.2) is 9.96 Å². The smallest absolute Gasteiger partial charge is 0.173 e. The van der Waals surface area contributed by atoms with Crippen LogP contribution in [0.4, 0.5) is 0 Å². The van der Waals surface area contributed by atoms with Gasteiger partial charge in [0.1, 0.15) is 0 Å². The van der Waals surface area contributed by atoms with Crippen LogP contribution >= 0.6 is 0 Å². The lowest BCUT2D eigenvalue weighted by atomic mass is 10.5. The largest absolute Gasteiger partial charge is 0.228 e. The van der Waals surface area contributed by atoms with Gasteiger partial charge in [-0.3, -0.25) is 0 Å². The summed E-state index contributed by atoms with van der Waals surface area (Å²) in [7, 11) is 0. The van der Waals surface area contributed by atoms with Crippen molar-refractivity contribution >= 4 is 11.1 Å². The summed E-state index contributed by atoms with van der Waals surface area (Å²) in [5.74, 6) is 5.89.